The third-order valence-corrected chi connectivity index (χ3v) is 3.19. The average Bonchev–Trinajstić information content (AvgIpc) is 2.27. The van der Waals surface area contributed by atoms with E-state index < -0.39 is 6.09 Å². The zero-order valence-electron chi connectivity index (χ0n) is 8.71. The molecule has 0 unspecified atom stereocenters. The van der Waals surface area contributed by atoms with E-state index in [-0.39, 0.29) is 5.41 Å². The van der Waals surface area contributed by atoms with Gasteiger partial charge in [-0.1, -0.05) is 20.8 Å². The van der Waals surface area contributed by atoms with Crippen LogP contribution < -0.4 is 5.32 Å². The maximum absolute atomic E-state index is 10.4. The lowest BCUT2D eigenvalue weighted by Gasteiger charge is -2.16. The Morgan fingerprint density at radius 3 is 2.43 bits per heavy atom. The fourth-order valence-electron chi connectivity index (χ4n) is 1.24. The van der Waals surface area contributed by atoms with Crippen LogP contribution in [-0.2, 0) is 5.41 Å². The van der Waals surface area contributed by atoms with Crippen LogP contribution in [-0.4, -0.2) is 16.2 Å². The van der Waals surface area contributed by atoms with Crippen molar-refractivity contribution in [1.29, 1.82) is 0 Å². The van der Waals surface area contributed by atoms with Gasteiger partial charge in [0.25, 0.3) is 0 Å². The standard InChI is InChI=1S/C9H14N2O2S/c1-5-6(9(2,3)4)14-7(10-5)11-8(12)13/h1-4H3,(H,10,11)(H,12,13). The van der Waals surface area contributed by atoms with Crippen molar-refractivity contribution in [2.45, 2.75) is 33.1 Å². The highest BCUT2D eigenvalue weighted by molar-refractivity contribution is 7.16. The summed E-state index contributed by atoms with van der Waals surface area (Å²) < 4.78 is 0. The molecule has 2 N–H and O–H groups in total. The highest BCUT2D eigenvalue weighted by atomic mass is 32.1. The summed E-state index contributed by atoms with van der Waals surface area (Å²) in [7, 11) is 0. The smallest absolute Gasteiger partial charge is 0.410 e. The molecular formula is C9H14N2O2S. The van der Waals surface area contributed by atoms with Crippen molar-refractivity contribution in [3.8, 4) is 0 Å². The zero-order valence-corrected chi connectivity index (χ0v) is 9.53. The van der Waals surface area contributed by atoms with Gasteiger partial charge >= 0.3 is 6.09 Å². The van der Waals surface area contributed by atoms with Gasteiger partial charge in [-0.3, -0.25) is 5.32 Å². The van der Waals surface area contributed by atoms with Crippen molar-refractivity contribution >= 4 is 22.6 Å². The third kappa shape index (κ3) is 2.45. The van der Waals surface area contributed by atoms with Crippen LogP contribution in [0, 0.1) is 6.92 Å². The van der Waals surface area contributed by atoms with Gasteiger partial charge < -0.3 is 5.11 Å². The van der Waals surface area contributed by atoms with Crippen LogP contribution >= 0.6 is 11.3 Å². The van der Waals surface area contributed by atoms with E-state index in [4.69, 9.17) is 5.11 Å². The van der Waals surface area contributed by atoms with Crippen LogP contribution in [0.3, 0.4) is 0 Å². The number of thiazole rings is 1. The number of rotatable bonds is 1. The first-order chi connectivity index (χ1) is 6.30. The Kier molecular flexibility index (Phi) is 2.80. The Balaban J connectivity index is 2.99. The fourth-order valence-corrected chi connectivity index (χ4v) is 2.25. The average molecular weight is 214 g/mol. The molecular weight excluding hydrogens is 200 g/mol. The van der Waals surface area contributed by atoms with Gasteiger partial charge in [-0.05, 0) is 12.3 Å². The topological polar surface area (TPSA) is 62.2 Å². The molecule has 0 saturated carbocycles. The van der Waals surface area contributed by atoms with E-state index in [0.29, 0.717) is 5.13 Å². The minimum Gasteiger partial charge on any atom is -0.465 e. The summed E-state index contributed by atoms with van der Waals surface area (Å²) in [6.07, 6.45) is -1.07. The summed E-state index contributed by atoms with van der Waals surface area (Å²) in [5, 5.41) is 11.2. The van der Waals surface area contributed by atoms with E-state index in [1.807, 2.05) is 6.92 Å². The number of carboxylic acid groups (broad SMARTS) is 1. The first-order valence-electron chi connectivity index (χ1n) is 4.28. The number of anilines is 1. The molecule has 0 radical (unpaired) electrons. The minimum absolute atomic E-state index is 0.0141. The first kappa shape index (κ1) is 11.0. The van der Waals surface area contributed by atoms with Crippen molar-refractivity contribution in [2.24, 2.45) is 0 Å². The van der Waals surface area contributed by atoms with Gasteiger partial charge in [0.15, 0.2) is 5.13 Å². The second kappa shape index (κ2) is 3.57. The van der Waals surface area contributed by atoms with Crippen molar-refractivity contribution in [3.63, 3.8) is 0 Å². The molecule has 0 aliphatic heterocycles. The van der Waals surface area contributed by atoms with Gasteiger partial charge in [0.2, 0.25) is 0 Å². The number of nitrogens with zero attached hydrogens (tertiary/aromatic N) is 1. The predicted octanol–water partition coefficient (Wildman–Crippen LogP) is 2.84. The highest BCUT2D eigenvalue weighted by Gasteiger charge is 2.21. The van der Waals surface area contributed by atoms with Crippen molar-refractivity contribution in [3.05, 3.63) is 10.6 Å². The predicted molar refractivity (Wildman–Crippen MR) is 57.2 cm³/mol. The Labute approximate surface area is 87.0 Å². The zero-order chi connectivity index (χ0) is 10.9. The number of carbonyl (C=O) groups is 1. The summed E-state index contributed by atoms with van der Waals surface area (Å²) in [5.41, 5.74) is 0.909. The van der Waals surface area contributed by atoms with Crippen LogP contribution in [0.2, 0.25) is 0 Å². The van der Waals surface area contributed by atoms with Gasteiger partial charge in [0.1, 0.15) is 0 Å². The Morgan fingerprint density at radius 2 is 2.07 bits per heavy atom. The largest absolute Gasteiger partial charge is 0.465 e. The van der Waals surface area contributed by atoms with Crippen LogP contribution in [0.25, 0.3) is 0 Å². The van der Waals surface area contributed by atoms with E-state index in [9.17, 15) is 4.79 Å². The van der Waals surface area contributed by atoms with Crippen molar-refractivity contribution in [2.75, 3.05) is 5.32 Å². The molecule has 1 aromatic rings. The van der Waals surface area contributed by atoms with Crippen molar-refractivity contribution < 1.29 is 9.90 Å². The second-order valence-electron chi connectivity index (χ2n) is 4.11. The molecule has 0 spiro atoms. The van der Waals surface area contributed by atoms with Gasteiger partial charge in [-0.15, -0.1) is 11.3 Å². The van der Waals surface area contributed by atoms with E-state index in [1.165, 1.54) is 11.3 Å². The van der Waals surface area contributed by atoms with E-state index in [1.54, 1.807) is 0 Å². The lowest BCUT2D eigenvalue weighted by atomic mass is 9.94. The number of nitrogens with one attached hydrogen (secondary N) is 1. The maximum atomic E-state index is 10.4. The molecule has 0 fully saturated rings. The van der Waals surface area contributed by atoms with Gasteiger partial charge in [-0.25, -0.2) is 9.78 Å². The molecule has 78 valence electrons. The monoisotopic (exact) mass is 214 g/mol. The number of hydrogen-bond acceptors (Lipinski definition) is 3. The normalized spacial score (nSPS) is 11.4. The van der Waals surface area contributed by atoms with Crippen LogP contribution in [0.1, 0.15) is 31.3 Å². The number of hydrogen-bond donors (Lipinski definition) is 2. The molecule has 0 bridgehead atoms. The quantitative estimate of drug-likeness (QED) is 0.755. The molecule has 1 heterocycles. The van der Waals surface area contributed by atoms with Gasteiger partial charge in [-0.2, -0.15) is 0 Å². The lowest BCUT2D eigenvalue weighted by Crippen LogP contribution is -2.10. The number of aromatic nitrogens is 1. The molecule has 0 atom stereocenters. The fraction of sp³-hybridized carbons (Fsp3) is 0.556. The molecule has 5 heteroatoms. The molecule has 14 heavy (non-hydrogen) atoms. The molecule has 1 aromatic heterocycles. The number of aryl methyl sites for hydroxylation is 1. The molecule has 0 aromatic carbocycles. The van der Waals surface area contributed by atoms with Gasteiger partial charge in [0.05, 0.1) is 5.69 Å². The minimum atomic E-state index is -1.07. The summed E-state index contributed by atoms with van der Waals surface area (Å²) in [6, 6.07) is 0. The van der Waals surface area contributed by atoms with E-state index in [2.05, 4.69) is 31.1 Å². The lowest BCUT2D eigenvalue weighted by molar-refractivity contribution is 0.209. The summed E-state index contributed by atoms with van der Waals surface area (Å²) in [6.45, 7) is 8.14. The molecule has 1 rings (SSSR count). The Hall–Kier alpha value is -1.10. The number of amides is 1. The third-order valence-electron chi connectivity index (χ3n) is 1.69. The Bertz CT molecular complexity index is 352. The summed E-state index contributed by atoms with van der Waals surface area (Å²) >= 11 is 1.39. The molecule has 0 saturated heterocycles. The van der Waals surface area contributed by atoms with Crippen LogP contribution in [0.4, 0.5) is 9.93 Å². The summed E-state index contributed by atoms with van der Waals surface area (Å²) in [4.78, 5) is 15.7. The molecule has 0 aliphatic carbocycles. The second-order valence-corrected chi connectivity index (χ2v) is 5.11. The van der Waals surface area contributed by atoms with Crippen LogP contribution in [0.15, 0.2) is 0 Å². The molecule has 4 nitrogen and oxygen atoms in total. The van der Waals surface area contributed by atoms with Crippen LogP contribution in [0.5, 0.6) is 0 Å². The SMILES string of the molecule is Cc1nc(NC(=O)O)sc1C(C)(C)C. The highest BCUT2D eigenvalue weighted by Crippen LogP contribution is 2.33. The molecule has 0 aliphatic rings. The van der Waals surface area contributed by atoms with E-state index in [0.717, 1.165) is 10.6 Å². The van der Waals surface area contributed by atoms with Gasteiger partial charge in [0, 0.05) is 4.88 Å². The first-order valence-corrected chi connectivity index (χ1v) is 5.10. The van der Waals surface area contributed by atoms with Crippen molar-refractivity contribution in [1.82, 2.24) is 4.98 Å². The maximum Gasteiger partial charge on any atom is 0.410 e. The molecule has 1 amide bonds. The Morgan fingerprint density at radius 1 is 1.50 bits per heavy atom. The summed E-state index contributed by atoms with van der Waals surface area (Å²) in [5.74, 6) is 0. The van der Waals surface area contributed by atoms with E-state index >= 15 is 0 Å².